The minimum absolute atomic E-state index is 0. The highest BCUT2D eigenvalue weighted by atomic mass is 127. The van der Waals surface area contributed by atoms with Crippen LogP contribution < -0.4 is 20.3 Å². The molecule has 1 saturated heterocycles. The van der Waals surface area contributed by atoms with Crippen LogP contribution in [0.2, 0.25) is 0 Å². The van der Waals surface area contributed by atoms with Crippen molar-refractivity contribution in [2.75, 3.05) is 32.1 Å². The van der Waals surface area contributed by atoms with E-state index in [9.17, 15) is 0 Å². The summed E-state index contributed by atoms with van der Waals surface area (Å²) in [6.07, 6.45) is 4.20. The maximum Gasteiger partial charge on any atom is 0.191 e. The van der Waals surface area contributed by atoms with Crippen LogP contribution in [-0.2, 0) is 13.6 Å². The van der Waals surface area contributed by atoms with E-state index in [0.717, 1.165) is 44.2 Å². The summed E-state index contributed by atoms with van der Waals surface area (Å²) in [5, 5.41) is 6.97. The molecule has 0 atom stereocenters. The van der Waals surface area contributed by atoms with Crippen molar-refractivity contribution in [1.29, 1.82) is 0 Å². The van der Waals surface area contributed by atoms with Gasteiger partial charge in [0.15, 0.2) is 5.96 Å². The van der Waals surface area contributed by atoms with Crippen LogP contribution in [0.3, 0.4) is 0 Å². The molecule has 0 spiro atoms. The number of para-hydroxylation sites is 2. The van der Waals surface area contributed by atoms with Gasteiger partial charge in [-0.15, -0.1) is 24.0 Å². The van der Waals surface area contributed by atoms with Gasteiger partial charge in [-0.25, -0.2) is 0 Å². The summed E-state index contributed by atoms with van der Waals surface area (Å²) in [7, 11) is 5.61. The van der Waals surface area contributed by atoms with Gasteiger partial charge < -0.3 is 24.8 Å². The van der Waals surface area contributed by atoms with Gasteiger partial charge in [0, 0.05) is 45.1 Å². The largest absolute Gasteiger partial charge is 0.495 e. The number of hydrogen-bond acceptors (Lipinski definition) is 3. The smallest absolute Gasteiger partial charge is 0.191 e. The number of guanidine groups is 1. The molecule has 0 unspecified atom stereocenters. The fourth-order valence-electron chi connectivity index (χ4n) is 3.40. The lowest BCUT2D eigenvalue weighted by Gasteiger charge is -2.35. The van der Waals surface area contributed by atoms with Crippen LogP contribution in [-0.4, -0.2) is 43.8 Å². The highest BCUT2D eigenvalue weighted by Crippen LogP contribution is 2.29. The molecule has 0 aliphatic carbocycles. The summed E-state index contributed by atoms with van der Waals surface area (Å²) >= 11 is 0. The third-order valence-electron chi connectivity index (χ3n) is 4.97. The molecule has 0 radical (unpaired) electrons. The monoisotopic (exact) mass is 483 g/mol. The van der Waals surface area contributed by atoms with E-state index < -0.39 is 0 Å². The molecule has 0 saturated carbocycles. The number of methoxy groups -OCH3 is 1. The number of aromatic nitrogens is 1. The van der Waals surface area contributed by atoms with Gasteiger partial charge >= 0.3 is 0 Å². The fourth-order valence-corrected chi connectivity index (χ4v) is 3.40. The minimum Gasteiger partial charge on any atom is -0.495 e. The van der Waals surface area contributed by atoms with E-state index in [4.69, 9.17) is 4.74 Å². The van der Waals surface area contributed by atoms with Crippen molar-refractivity contribution in [1.82, 2.24) is 15.2 Å². The molecule has 148 valence electrons. The van der Waals surface area contributed by atoms with Gasteiger partial charge in [0.25, 0.3) is 0 Å². The molecular formula is C20H30IN5O. The van der Waals surface area contributed by atoms with Crippen molar-refractivity contribution in [3.05, 3.63) is 48.3 Å². The highest BCUT2D eigenvalue weighted by molar-refractivity contribution is 14.0. The van der Waals surface area contributed by atoms with Crippen LogP contribution in [0.15, 0.2) is 47.6 Å². The van der Waals surface area contributed by atoms with Crippen molar-refractivity contribution in [2.45, 2.75) is 25.4 Å². The summed E-state index contributed by atoms with van der Waals surface area (Å²) in [6, 6.07) is 12.8. The average Bonchev–Trinajstić information content (AvgIpc) is 3.10. The summed E-state index contributed by atoms with van der Waals surface area (Å²) in [4.78, 5) is 6.77. The molecule has 2 N–H and O–H groups in total. The zero-order valence-corrected chi connectivity index (χ0v) is 18.6. The molecule has 1 aromatic carbocycles. The van der Waals surface area contributed by atoms with Crippen molar-refractivity contribution in [3.8, 4) is 5.75 Å². The number of halogens is 1. The van der Waals surface area contributed by atoms with Gasteiger partial charge in [0.2, 0.25) is 0 Å². The molecule has 7 heteroatoms. The summed E-state index contributed by atoms with van der Waals surface area (Å²) in [6.45, 7) is 2.78. The SMILES string of the molecule is CN=C(NCc1cccn1C)NC1CCN(c2ccccc2OC)CC1.I. The lowest BCUT2D eigenvalue weighted by atomic mass is 10.0. The molecule has 3 rings (SSSR count). The number of aryl methyl sites for hydroxylation is 1. The van der Waals surface area contributed by atoms with Crippen LogP contribution in [0.5, 0.6) is 5.75 Å². The molecular weight excluding hydrogens is 453 g/mol. The van der Waals surface area contributed by atoms with E-state index >= 15 is 0 Å². The maximum absolute atomic E-state index is 5.50. The maximum atomic E-state index is 5.50. The molecule has 27 heavy (non-hydrogen) atoms. The normalized spacial score (nSPS) is 15.2. The number of nitrogens with one attached hydrogen (secondary N) is 2. The second-order valence-corrected chi connectivity index (χ2v) is 6.61. The number of aliphatic imine (C=N–C) groups is 1. The number of piperidine rings is 1. The Balaban J connectivity index is 0.00000261. The summed E-state index contributed by atoms with van der Waals surface area (Å²) in [5.41, 5.74) is 2.42. The summed E-state index contributed by atoms with van der Waals surface area (Å²) < 4.78 is 7.61. The predicted molar refractivity (Wildman–Crippen MR) is 122 cm³/mol. The Hall–Kier alpha value is -1.90. The van der Waals surface area contributed by atoms with Crippen molar-refractivity contribution in [2.24, 2.45) is 12.0 Å². The topological polar surface area (TPSA) is 53.8 Å². The average molecular weight is 483 g/mol. The Bertz CT molecular complexity index is 737. The predicted octanol–water partition coefficient (Wildman–Crippen LogP) is 2.99. The van der Waals surface area contributed by atoms with Gasteiger partial charge in [-0.1, -0.05) is 12.1 Å². The zero-order valence-electron chi connectivity index (χ0n) is 16.3. The highest BCUT2D eigenvalue weighted by Gasteiger charge is 2.22. The lowest BCUT2D eigenvalue weighted by Crippen LogP contribution is -2.48. The first kappa shape index (κ1) is 21.4. The Morgan fingerprint density at radius 2 is 1.93 bits per heavy atom. The Morgan fingerprint density at radius 3 is 2.56 bits per heavy atom. The van der Waals surface area contributed by atoms with Crippen LogP contribution in [0.1, 0.15) is 18.5 Å². The zero-order chi connectivity index (χ0) is 18.4. The number of benzene rings is 1. The van der Waals surface area contributed by atoms with Crippen molar-refractivity contribution < 1.29 is 4.74 Å². The minimum atomic E-state index is 0. The number of anilines is 1. The summed E-state index contributed by atoms with van der Waals surface area (Å²) in [5.74, 6) is 1.81. The van der Waals surface area contributed by atoms with E-state index in [2.05, 4.69) is 62.6 Å². The molecule has 0 bridgehead atoms. The molecule has 1 aliphatic rings. The van der Waals surface area contributed by atoms with E-state index in [1.165, 1.54) is 11.4 Å². The van der Waals surface area contributed by atoms with Crippen LogP contribution >= 0.6 is 24.0 Å². The first-order valence-corrected chi connectivity index (χ1v) is 9.16. The van der Waals surface area contributed by atoms with Gasteiger partial charge in [0.1, 0.15) is 5.75 Å². The van der Waals surface area contributed by atoms with Gasteiger partial charge in [-0.2, -0.15) is 0 Å². The van der Waals surface area contributed by atoms with E-state index in [-0.39, 0.29) is 24.0 Å². The van der Waals surface area contributed by atoms with Crippen molar-refractivity contribution >= 4 is 35.6 Å². The molecule has 1 aromatic heterocycles. The lowest BCUT2D eigenvalue weighted by molar-refractivity contribution is 0.408. The van der Waals surface area contributed by atoms with E-state index in [1.54, 1.807) is 7.11 Å². The first-order chi connectivity index (χ1) is 12.7. The molecule has 0 amide bonds. The Labute approximate surface area is 179 Å². The third kappa shape index (κ3) is 5.54. The molecule has 2 heterocycles. The van der Waals surface area contributed by atoms with Crippen molar-refractivity contribution in [3.63, 3.8) is 0 Å². The quantitative estimate of drug-likeness (QED) is 0.390. The number of rotatable bonds is 5. The molecule has 1 fully saturated rings. The van der Waals surface area contributed by atoms with E-state index in [1.807, 2.05) is 19.2 Å². The second-order valence-electron chi connectivity index (χ2n) is 6.61. The Morgan fingerprint density at radius 1 is 1.19 bits per heavy atom. The van der Waals surface area contributed by atoms with Crippen LogP contribution in [0, 0.1) is 0 Å². The molecule has 2 aromatic rings. The van der Waals surface area contributed by atoms with Gasteiger partial charge in [-0.3, -0.25) is 4.99 Å². The molecule has 1 aliphatic heterocycles. The first-order valence-electron chi connectivity index (χ1n) is 9.16. The van der Waals surface area contributed by atoms with Gasteiger partial charge in [0.05, 0.1) is 19.3 Å². The third-order valence-corrected chi connectivity index (χ3v) is 4.97. The molecule has 6 nitrogen and oxygen atoms in total. The fraction of sp³-hybridized carbons (Fsp3) is 0.450. The van der Waals surface area contributed by atoms with Crippen LogP contribution in [0.4, 0.5) is 5.69 Å². The standard InChI is InChI=1S/C20H29N5O.HI/c1-21-20(22-15-17-7-6-12-24(17)2)23-16-10-13-25(14-11-16)18-8-4-5-9-19(18)26-3;/h4-9,12,16H,10-11,13-15H2,1-3H3,(H2,21,22,23);1H. The second kappa shape index (κ2) is 10.4. The number of hydrogen-bond donors (Lipinski definition) is 2. The number of nitrogens with zero attached hydrogens (tertiary/aromatic N) is 3. The number of ether oxygens (including phenoxy) is 1. The Kier molecular flexibility index (Phi) is 8.27. The van der Waals surface area contributed by atoms with E-state index in [0.29, 0.717) is 6.04 Å². The van der Waals surface area contributed by atoms with Crippen LogP contribution in [0.25, 0.3) is 0 Å². The van der Waals surface area contributed by atoms with Gasteiger partial charge in [-0.05, 0) is 37.1 Å².